The summed E-state index contributed by atoms with van der Waals surface area (Å²) in [6, 6.07) is 6.96. The van der Waals surface area contributed by atoms with Crippen molar-refractivity contribution in [3.05, 3.63) is 41.7 Å². The molecule has 1 amide bonds. The average Bonchev–Trinajstić information content (AvgIpc) is 3.11. The lowest BCUT2D eigenvalue weighted by Gasteiger charge is -2.06. The van der Waals surface area contributed by atoms with Gasteiger partial charge >= 0.3 is 5.97 Å². The minimum atomic E-state index is -0.795. The second-order valence-corrected chi connectivity index (χ2v) is 5.95. The van der Waals surface area contributed by atoms with Gasteiger partial charge in [0.05, 0.1) is 24.3 Å². The third-order valence-electron chi connectivity index (χ3n) is 3.85. The number of benzene rings is 1. The van der Waals surface area contributed by atoms with Gasteiger partial charge in [-0.05, 0) is 49.9 Å². The van der Waals surface area contributed by atoms with E-state index in [4.69, 9.17) is 5.11 Å². The highest BCUT2D eigenvalue weighted by Crippen LogP contribution is 2.10. The van der Waals surface area contributed by atoms with Crippen LogP contribution in [-0.2, 0) is 11.2 Å². The molecule has 2 N–H and O–H groups in total. The molecule has 2 rings (SSSR count). The topological polar surface area (TPSA) is 97.1 Å². The fourth-order valence-corrected chi connectivity index (χ4v) is 2.43. The normalized spacial score (nSPS) is 10.7. The SMILES string of the molecule is O=C(O)CCCCCNC(=O)c1ccc(-n2cc(CCCF)nn2)cc1. The minimum absolute atomic E-state index is 0.160. The zero-order chi connectivity index (χ0) is 18.8. The van der Waals surface area contributed by atoms with Crippen molar-refractivity contribution in [3.8, 4) is 5.69 Å². The van der Waals surface area contributed by atoms with Crippen LogP contribution in [0.3, 0.4) is 0 Å². The zero-order valence-electron chi connectivity index (χ0n) is 14.5. The van der Waals surface area contributed by atoms with E-state index in [1.807, 2.05) is 0 Å². The lowest BCUT2D eigenvalue weighted by molar-refractivity contribution is -0.137. The van der Waals surface area contributed by atoms with Crippen molar-refractivity contribution in [1.29, 1.82) is 0 Å². The molecule has 0 radical (unpaired) electrons. The number of hydrogen-bond acceptors (Lipinski definition) is 4. The number of hydrogen-bond donors (Lipinski definition) is 2. The maximum Gasteiger partial charge on any atom is 0.303 e. The number of unbranched alkanes of at least 4 members (excludes halogenated alkanes) is 2. The first-order chi connectivity index (χ1) is 12.6. The van der Waals surface area contributed by atoms with Crippen LogP contribution in [0.15, 0.2) is 30.5 Å². The summed E-state index contributed by atoms with van der Waals surface area (Å²) < 4.78 is 13.8. The quantitative estimate of drug-likeness (QED) is 0.599. The van der Waals surface area contributed by atoms with Crippen LogP contribution in [0.2, 0.25) is 0 Å². The molecule has 0 aliphatic heterocycles. The van der Waals surface area contributed by atoms with Crippen molar-refractivity contribution in [2.45, 2.75) is 38.5 Å². The van der Waals surface area contributed by atoms with Crippen LogP contribution in [0.4, 0.5) is 4.39 Å². The van der Waals surface area contributed by atoms with Gasteiger partial charge in [0.15, 0.2) is 0 Å². The van der Waals surface area contributed by atoms with Crippen LogP contribution in [0.1, 0.15) is 48.2 Å². The number of carbonyl (C=O) groups excluding carboxylic acids is 1. The molecule has 1 aromatic carbocycles. The molecule has 140 valence electrons. The molecule has 0 fully saturated rings. The Labute approximate surface area is 151 Å². The Kier molecular flexibility index (Phi) is 7.73. The van der Waals surface area contributed by atoms with E-state index in [1.165, 1.54) is 0 Å². The zero-order valence-corrected chi connectivity index (χ0v) is 14.5. The molecule has 0 aliphatic carbocycles. The molecule has 0 unspecified atom stereocenters. The van der Waals surface area contributed by atoms with E-state index in [1.54, 1.807) is 35.1 Å². The summed E-state index contributed by atoms with van der Waals surface area (Å²) in [6.45, 7) is 0.136. The Morgan fingerprint density at radius 1 is 1.12 bits per heavy atom. The fourth-order valence-electron chi connectivity index (χ4n) is 2.43. The molecule has 2 aromatic rings. The number of carbonyl (C=O) groups is 2. The number of amides is 1. The van der Waals surface area contributed by atoms with E-state index >= 15 is 0 Å². The van der Waals surface area contributed by atoms with Crippen molar-refractivity contribution in [2.24, 2.45) is 0 Å². The molecule has 0 bridgehead atoms. The van der Waals surface area contributed by atoms with E-state index in [-0.39, 0.29) is 19.0 Å². The molecular weight excluding hydrogens is 339 g/mol. The number of nitrogens with zero attached hydrogens (tertiary/aromatic N) is 3. The summed E-state index contributed by atoms with van der Waals surface area (Å²) in [6.07, 6.45) is 5.01. The number of aromatic nitrogens is 3. The van der Waals surface area contributed by atoms with E-state index in [2.05, 4.69) is 15.6 Å². The van der Waals surface area contributed by atoms with E-state index in [0.717, 1.165) is 24.2 Å². The largest absolute Gasteiger partial charge is 0.481 e. The van der Waals surface area contributed by atoms with Gasteiger partial charge in [0, 0.05) is 18.5 Å². The molecule has 0 atom stereocenters. The van der Waals surface area contributed by atoms with Gasteiger partial charge in [0.25, 0.3) is 5.91 Å². The minimum Gasteiger partial charge on any atom is -0.481 e. The van der Waals surface area contributed by atoms with Gasteiger partial charge in [-0.3, -0.25) is 14.0 Å². The van der Waals surface area contributed by atoms with Gasteiger partial charge in [-0.15, -0.1) is 5.10 Å². The van der Waals surface area contributed by atoms with Crippen molar-refractivity contribution < 1.29 is 19.1 Å². The highest BCUT2D eigenvalue weighted by Gasteiger charge is 2.07. The number of carboxylic acid groups (broad SMARTS) is 1. The molecule has 0 spiro atoms. The van der Waals surface area contributed by atoms with Crippen LogP contribution in [-0.4, -0.2) is 45.2 Å². The van der Waals surface area contributed by atoms with Gasteiger partial charge in [0.1, 0.15) is 0 Å². The van der Waals surface area contributed by atoms with Gasteiger partial charge in [-0.25, -0.2) is 4.68 Å². The summed E-state index contributed by atoms with van der Waals surface area (Å²) in [5.41, 5.74) is 2.04. The number of aryl methyl sites for hydroxylation is 1. The number of rotatable bonds is 11. The Morgan fingerprint density at radius 2 is 1.88 bits per heavy atom. The molecule has 1 heterocycles. The van der Waals surface area contributed by atoms with Crippen LogP contribution in [0.25, 0.3) is 5.69 Å². The highest BCUT2D eigenvalue weighted by molar-refractivity contribution is 5.94. The molecule has 1 aromatic heterocycles. The van der Waals surface area contributed by atoms with Crippen LogP contribution in [0.5, 0.6) is 0 Å². The highest BCUT2D eigenvalue weighted by atomic mass is 19.1. The molecular formula is C18H23FN4O3. The Balaban J connectivity index is 1.80. The summed E-state index contributed by atoms with van der Waals surface area (Å²) in [7, 11) is 0. The number of carboxylic acids is 1. The molecule has 8 heteroatoms. The Hall–Kier alpha value is -2.77. The van der Waals surface area contributed by atoms with E-state index in [9.17, 15) is 14.0 Å². The van der Waals surface area contributed by atoms with Crippen molar-refractivity contribution in [3.63, 3.8) is 0 Å². The second kappa shape index (κ2) is 10.3. The van der Waals surface area contributed by atoms with Crippen molar-refractivity contribution in [1.82, 2.24) is 20.3 Å². The third-order valence-corrected chi connectivity index (χ3v) is 3.85. The maximum absolute atomic E-state index is 12.2. The predicted octanol–water partition coefficient (Wildman–Crippen LogP) is 2.54. The first-order valence-electron chi connectivity index (χ1n) is 8.68. The molecule has 0 aliphatic rings. The van der Waals surface area contributed by atoms with Gasteiger partial charge in [0.2, 0.25) is 0 Å². The Morgan fingerprint density at radius 3 is 2.58 bits per heavy atom. The summed E-state index contributed by atoms with van der Waals surface area (Å²) in [5.74, 6) is -0.965. The first kappa shape index (κ1) is 19.6. The first-order valence-corrected chi connectivity index (χ1v) is 8.68. The number of nitrogens with one attached hydrogen (secondary N) is 1. The predicted molar refractivity (Wildman–Crippen MR) is 94.1 cm³/mol. The summed E-state index contributed by atoms with van der Waals surface area (Å²) in [4.78, 5) is 22.5. The second-order valence-electron chi connectivity index (χ2n) is 5.95. The van der Waals surface area contributed by atoms with Crippen molar-refractivity contribution >= 4 is 11.9 Å². The van der Waals surface area contributed by atoms with Gasteiger partial charge < -0.3 is 10.4 Å². The van der Waals surface area contributed by atoms with Crippen LogP contribution in [0, 0.1) is 0 Å². The summed E-state index contributed by atoms with van der Waals surface area (Å²) >= 11 is 0. The third kappa shape index (κ3) is 6.27. The maximum atomic E-state index is 12.2. The Bertz CT molecular complexity index is 715. The summed E-state index contributed by atoms with van der Waals surface area (Å²) in [5, 5.41) is 19.4. The van der Waals surface area contributed by atoms with E-state index < -0.39 is 5.97 Å². The molecule has 26 heavy (non-hydrogen) atoms. The lowest BCUT2D eigenvalue weighted by atomic mass is 10.1. The molecule has 7 nitrogen and oxygen atoms in total. The van der Waals surface area contributed by atoms with Crippen LogP contribution >= 0.6 is 0 Å². The van der Waals surface area contributed by atoms with Gasteiger partial charge in [-0.1, -0.05) is 11.6 Å². The van der Waals surface area contributed by atoms with E-state index in [0.29, 0.717) is 31.4 Å². The number of alkyl halides is 1. The van der Waals surface area contributed by atoms with Crippen molar-refractivity contribution in [2.75, 3.05) is 13.2 Å². The van der Waals surface area contributed by atoms with Gasteiger partial charge in [-0.2, -0.15) is 0 Å². The monoisotopic (exact) mass is 362 g/mol. The number of aliphatic carboxylic acids is 1. The average molecular weight is 362 g/mol. The molecule has 0 saturated heterocycles. The fraction of sp³-hybridized carbons (Fsp3) is 0.444. The standard InChI is InChI=1S/C18H23FN4O3/c19-11-4-5-15-13-23(22-21-15)16-9-7-14(8-10-16)18(26)20-12-3-1-2-6-17(24)25/h7-10,13H,1-6,11-12H2,(H,20,26)(H,24,25). The number of halogens is 1. The van der Waals surface area contributed by atoms with Crippen LogP contribution < -0.4 is 5.32 Å². The smallest absolute Gasteiger partial charge is 0.303 e. The lowest BCUT2D eigenvalue weighted by Crippen LogP contribution is -2.24. The molecule has 0 saturated carbocycles.